The molecule has 2 saturated carbocycles. The van der Waals surface area contributed by atoms with E-state index in [0.29, 0.717) is 24.0 Å². The van der Waals surface area contributed by atoms with Crippen molar-refractivity contribution in [1.29, 1.82) is 0 Å². The average molecular weight is 301 g/mol. The van der Waals surface area contributed by atoms with Crippen LogP contribution in [0, 0.1) is 22.7 Å². The summed E-state index contributed by atoms with van der Waals surface area (Å²) in [5, 5.41) is 20.7. The third-order valence-corrected chi connectivity index (χ3v) is 7.25. The highest BCUT2D eigenvalue weighted by atomic mass is 16.3. The summed E-state index contributed by atoms with van der Waals surface area (Å²) in [4.78, 5) is 0. The smallest absolute Gasteiger partial charge is 0.115 e. The Kier molecular flexibility index (Phi) is 2.96. The van der Waals surface area contributed by atoms with Gasteiger partial charge in [0.2, 0.25) is 0 Å². The highest BCUT2D eigenvalue weighted by Crippen LogP contribution is 2.62. The molecule has 120 valence electrons. The molecule has 4 aliphatic carbocycles. The second kappa shape index (κ2) is 4.48. The normalized spacial score (nSPS) is 50.3. The van der Waals surface area contributed by atoms with E-state index in [4.69, 9.17) is 5.73 Å². The lowest BCUT2D eigenvalue weighted by Crippen LogP contribution is -2.48. The van der Waals surface area contributed by atoms with Crippen LogP contribution < -0.4 is 5.73 Å². The Hall–Kier alpha value is -1.06. The molecule has 0 aromatic heterocycles. The van der Waals surface area contributed by atoms with E-state index >= 15 is 0 Å². The van der Waals surface area contributed by atoms with E-state index in [-0.39, 0.29) is 16.9 Å². The van der Waals surface area contributed by atoms with Gasteiger partial charge in [0.25, 0.3) is 0 Å². The van der Waals surface area contributed by atoms with Gasteiger partial charge in [-0.05, 0) is 61.0 Å². The fraction of sp³-hybridized carbons (Fsp3) is 0.684. The van der Waals surface area contributed by atoms with E-state index in [2.05, 4.69) is 19.9 Å². The first kappa shape index (κ1) is 14.5. The first-order valence-corrected chi connectivity index (χ1v) is 8.63. The van der Waals surface area contributed by atoms with E-state index in [0.717, 1.165) is 25.7 Å². The molecule has 4 rings (SSSR count). The molecule has 0 bridgehead atoms. The Balaban J connectivity index is 1.83. The highest BCUT2D eigenvalue weighted by Gasteiger charge is 2.56. The lowest BCUT2D eigenvalue weighted by atomic mass is 9.52. The van der Waals surface area contributed by atoms with E-state index in [1.807, 2.05) is 12.2 Å². The van der Waals surface area contributed by atoms with Crippen molar-refractivity contribution < 1.29 is 10.2 Å². The van der Waals surface area contributed by atoms with Crippen LogP contribution in [0.15, 0.2) is 35.1 Å². The van der Waals surface area contributed by atoms with Crippen molar-refractivity contribution in [3.63, 3.8) is 0 Å². The van der Waals surface area contributed by atoms with Crippen LogP contribution in [-0.4, -0.2) is 22.4 Å². The molecule has 3 nitrogen and oxygen atoms in total. The average Bonchev–Trinajstić information content (AvgIpc) is 2.77. The Morgan fingerprint density at radius 1 is 1.18 bits per heavy atom. The maximum Gasteiger partial charge on any atom is 0.115 e. The van der Waals surface area contributed by atoms with Gasteiger partial charge in [-0.2, -0.15) is 0 Å². The SMILES string of the molecule is C[C@]12CC[C@H]3C(=C(O)C=C4C[C@@H](O)C=C[C@@]43C)[C@@H]1CC[C@@H]2N. The number of allylic oxidation sites excluding steroid dienone is 3. The molecule has 3 heteroatoms. The monoisotopic (exact) mass is 301 g/mol. The van der Waals surface area contributed by atoms with Crippen LogP contribution >= 0.6 is 0 Å². The molecule has 0 radical (unpaired) electrons. The number of aliphatic hydroxyl groups is 2. The summed E-state index contributed by atoms with van der Waals surface area (Å²) in [6, 6.07) is 0.251. The van der Waals surface area contributed by atoms with Gasteiger partial charge in [-0.1, -0.05) is 31.6 Å². The summed E-state index contributed by atoms with van der Waals surface area (Å²) in [7, 11) is 0. The summed E-state index contributed by atoms with van der Waals surface area (Å²) < 4.78 is 0. The first-order valence-electron chi connectivity index (χ1n) is 8.63. The van der Waals surface area contributed by atoms with Crippen LogP contribution in [0.2, 0.25) is 0 Å². The molecule has 22 heavy (non-hydrogen) atoms. The molecular formula is C19H27NO2. The van der Waals surface area contributed by atoms with Crippen LogP contribution in [0.5, 0.6) is 0 Å². The molecule has 0 spiro atoms. The number of hydrogen-bond acceptors (Lipinski definition) is 3. The molecule has 0 aliphatic heterocycles. The van der Waals surface area contributed by atoms with Gasteiger partial charge in [-0.15, -0.1) is 0 Å². The highest BCUT2D eigenvalue weighted by molar-refractivity contribution is 5.45. The van der Waals surface area contributed by atoms with Crippen molar-refractivity contribution in [2.75, 3.05) is 0 Å². The molecule has 4 aliphatic rings. The van der Waals surface area contributed by atoms with Gasteiger partial charge < -0.3 is 15.9 Å². The van der Waals surface area contributed by atoms with Crippen molar-refractivity contribution in [2.24, 2.45) is 28.4 Å². The predicted octanol–water partition coefficient (Wildman–Crippen LogP) is 3.22. The Labute approximate surface area is 132 Å². The molecule has 4 N–H and O–H groups in total. The number of nitrogens with two attached hydrogens (primary N) is 1. The molecule has 0 aromatic carbocycles. The zero-order valence-electron chi connectivity index (χ0n) is 13.5. The summed E-state index contributed by atoms with van der Waals surface area (Å²) >= 11 is 0. The maximum atomic E-state index is 10.7. The van der Waals surface area contributed by atoms with Crippen molar-refractivity contribution in [2.45, 2.75) is 58.1 Å². The first-order chi connectivity index (χ1) is 10.4. The number of rotatable bonds is 0. The van der Waals surface area contributed by atoms with Crippen LogP contribution in [0.1, 0.15) is 46.0 Å². The summed E-state index contributed by atoms with van der Waals surface area (Å²) in [6.07, 6.45) is 10.7. The molecule has 0 unspecified atom stereocenters. The van der Waals surface area contributed by atoms with Crippen LogP contribution in [-0.2, 0) is 0 Å². The second-order valence-electron chi connectivity index (χ2n) is 8.26. The fourth-order valence-electron chi connectivity index (χ4n) is 5.70. The van der Waals surface area contributed by atoms with Crippen molar-refractivity contribution in [1.82, 2.24) is 0 Å². The quantitative estimate of drug-likeness (QED) is 0.602. The standard InChI is InChI=1S/C19H27NO2/c1-18-7-5-12(21)9-11(18)10-15(22)17-13-3-4-16(20)19(13,2)8-6-14(17)18/h5,7,10,12-14,16,21-22H,3-4,6,8-9,20H2,1-2H3/t12-,13-,14-,16-,18-,19-/m0/s1. The minimum Gasteiger partial charge on any atom is -0.508 e. The van der Waals surface area contributed by atoms with Gasteiger partial charge in [0, 0.05) is 11.5 Å². The number of fused-ring (bicyclic) bond motifs is 5. The lowest BCUT2D eigenvalue weighted by molar-refractivity contribution is 0.102. The zero-order valence-corrected chi connectivity index (χ0v) is 13.5. The molecule has 6 atom stereocenters. The van der Waals surface area contributed by atoms with E-state index in [9.17, 15) is 10.2 Å². The third-order valence-electron chi connectivity index (χ3n) is 7.25. The topological polar surface area (TPSA) is 66.5 Å². The lowest BCUT2D eigenvalue weighted by Gasteiger charge is -2.53. The maximum absolute atomic E-state index is 10.7. The van der Waals surface area contributed by atoms with E-state index < -0.39 is 6.10 Å². The van der Waals surface area contributed by atoms with Gasteiger partial charge in [0.15, 0.2) is 0 Å². The Morgan fingerprint density at radius 2 is 1.95 bits per heavy atom. The van der Waals surface area contributed by atoms with E-state index in [1.165, 1.54) is 11.1 Å². The minimum atomic E-state index is -0.414. The zero-order chi connectivity index (χ0) is 15.7. The van der Waals surface area contributed by atoms with Crippen LogP contribution in [0.4, 0.5) is 0 Å². The second-order valence-corrected chi connectivity index (χ2v) is 8.26. The largest absolute Gasteiger partial charge is 0.508 e. The summed E-state index contributed by atoms with van der Waals surface area (Å²) in [5.74, 6) is 1.24. The van der Waals surface area contributed by atoms with Crippen LogP contribution in [0.25, 0.3) is 0 Å². The molecule has 0 saturated heterocycles. The third kappa shape index (κ3) is 1.70. The predicted molar refractivity (Wildman–Crippen MR) is 87.1 cm³/mol. The van der Waals surface area contributed by atoms with Crippen molar-refractivity contribution in [3.8, 4) is 0 Å². The van der Waals surface area contributed by atoms with Crippen LogP contribution in [0.3, 0.4) is 0 Å². The van der Waals surface area contributed by atoms with Crippen molar-refractivity contribution >= 4 is 0 Å². The molecule has 0 heterocycles. The van der Waals surface area contributed by atoms with Gasteiger partial charge in [-0.3, -0.25) is 0 Å². The number of hydrogen-bond donors (Lipinski definition) is 3. The molecule has 0 amide bonds. The molecule has 0 aromatic rings. The summed E-state index contributed by atoms with van der Waals surface area (Å²) in [5.41, 5.74) is 8.92. The minimum absolute atomic E-state index is 0.0468. The molecular weight excluding hydrogens is 274 g/mol. The Morgan fingerprint density at radius 3 is 2.73 bits per heavy atom. The van der Waals surface area contributed by atoms with Gasteiger partial charge in [-0.25, -0.2) is 0 Å². The summed E-state index contributed by atoms with van der Waals surface area (Å²) in [6.45, 7) is 4.59. The fourth-order valence-corrected chi connectivity index (χ4v) is 5.70. The van der Waals surface area contributed by atoms with Gasteiger partial charge in [0.1, 0.15) is 5.76 Å². The van der Waals surface area contributed by atoms with E-state index in [1.54, 1.807) is 0 Å². The molecule has 2 fully saturated rings. The Bertz CT molecular complexity index is 605. The number of aliphatic hydroxyl groups excluding tert-OH is 2. The van der Waals surface area contributed by atoms with Gasteiger partial charge in [0.05, 0.1) is 6.10 Å². The van der Waals surface area contributed by atoms with Crippen molar-refractivity contribution in [3.05, 3.63) is 35.1 Å². The van der Waals surface area contributed by atoms with Gasteiger partial charge >= 0.3 is 0 Å².